The van der Waals surface area contributed by atoms with Gasteiger partial charge in [0.15, 0.2) is 5.78 Å². The minimum Gasteiger partial charge on any atom is -0.289 e. The second-order valence-corrected chi connectivity index (χ2v) is 5.58. The molecule has 3 rings (SSSR count). The van der Waals surface area contributed by atoms with Crippen molar-refractivity contribution in [2.24, 2.45) is 0 Å². The minimum absolute atomic E-state index is 0.186. The Morgan fingerprint density at radius 1 is 0.789 bits per heavy atom. The second kappa shape index (κ2) is 4.34. The lowest BCUT2D eigenvalue weighted by Crippen LogP contribution is -2.05. The van der Waals surface area contributed by atoms with Gasteiger partial charge in [0.1, 0.15) is 0 Å². The highest BCUT2D eigenvalue weighted by atomic mass is 16.1. The molecule has 0 fully saturated rings. The first-order valence-electron chi connectivity index (χ1n) is 6.80. The Balaban J connectivity index is 2.20. The highest BCUT2D eigenvalue weighted by molar-refractivity contribution is 6.11. The van der Waals surface area contributed by atoms with E-state index in [1.165, 1.54) is 27.8 Å². The van der Waals surface area contributed by atoms with E-state index >= 15 is 0 Å². The third kappa shape index (κ3) is 1.99. The highest BCUT2D eigenvalue weighted by Crippen LogP contribution is 2.27. The summed E-state index contributed by atoms with van der Waals surface area (Å²) in [5.74, 6) is 0.186. The van der Waals surface area contributed by atoms with Crippen LogP contribution in [0.4, 0.5) is 0 Å². The SMILES string of the molecule is Cc1ccc2c(c1)CCc1cc(C)c(C)cc1C2=O. The number of hydrogen-bond donors (Lipinski definition) is 0. The van der Waals surface area contributed by atoms with Gasteiger partial charge in [0.25, 0.3) is 0 Å². The maximum absolute atomic E-state index is 12.7. The molecule has 19 heavy (non-hydrogen) atoms. The zero-order valence-electron chi connectivity index (χ0n) is 11.7. The second-order valence-electron chi connectivity index (χ2n) is 5.58. The molecule has 2 aromatic rings. The van der Waals surface area contributed by atoms with Crippen LogP contribution in [0.25, 0.3) is 0 Å². The van der Waals surface area contributed by atoms with Crippen LogP contribution in [0.5, 0.6) is 0 Å². The Morgan fingerprint density at radius 3 is 2.16 bits per heavy atom. The van der Waals surface area contributed by atoms with Crippen LogP contribution in [0.2, 0.25) is 0 Å². The van der Waals surface area contributed by atoms with Crippen LogP contribution >= 0.6 is 0 Å². The lowest BCUT2D eigenvalue weighted by atomic mass is 9.94. The van der Waals surface area contributed by atoms with Gasteiger partial charge < -0.3 is 0 Å². The van der Waals surface area contributed by atoms with Crippen molar-refractivity contribution in [3.05, 3.63) is 69.3 Å². The van der Waals surface area contributed by atoms with Gasteiger partial charge in [-0.05, 0) is 61.9 Å². The third-order valence-electron chi connectivity index (χ3n) is 4.13. The number of hydrogen-bond acceptors (Lipinski definition) is 1. The van der Waals surface area contributed by atoms with E-state index in [1.54, 1.807) is 0 Å². The Hall–Kier alpha value is -1.89. The predicted molar refractivity (Wildman–Crippen MR) is 77.9 cm³/mol. The van der Waals surface area contributed by atoms with Crippen molar-refractivity contribution in [2.75, 3.05) is 0 Å². The molecule has 1 aliphatic rings. The standard InChI is InChI=1S/C18H18O/c1-11-4-7-16-14(8-11)5-6-15-9-12(2)13(3)10-17(15)18(16)19/h4,7-10H,5-6H2,1-3H3. The van der Waals surface area contributed by atoms with Crippen molar-refractivity contribution in [1.82, 2.24) is 0 Å². The summed E-state index contributed by atoms with van der Waals surface area (Å²) in [4.78, 5) is 12.7. The van der Waals surface area contributed by atoms with E-state index in [0.29, 0.717) is 0 Å². The molecule has 0 amide bonds. The van der Waals surface area contributed by atoms with Gasteiger partial charge in [0.05, 0.1) is 0 Å². The van der Waals surface area contributed by atoms with Gasteiger partial charge in [-0.1, -0.05) is 29.8 Å². The number of carbonyl (C=O) groups is 1. The largest absolute Gasteiger partial charge is 0.289 e. The van der Waals surface area contributed by atoms with Crippen LogP contribution in [-0.4, -0.2) is 5.78 Å². The van der Waals surface area contributed by atoms with Crippen LogP contribution in [0.1, 0.15) is 43.7 Å². The summed E-state index contributed by atoms with van der Waals surface area (Å²) in [6.07, 6.45) is 1.91. The van der Waals surface area contributed by atoms with Crippen molar-refractivity contribution in [3.8, 4) is 0 Å². The molecule has 0 unspecified atom stereocenters. The van der Waals surface area contributed by atoms with Gasteiger partial charge in [0.2, 0.25) is 0 Å². The zero-order chi connectivity index (χ0) is 13.6. The van der Waals surface area contributed by atoms with Crippen LogP contribution in [0, 0.1) is 20.8 Å². The number of ketones is 1. The van der Waals surface area contributed by atoms with Gasteiger partial charge in [0, 0.05) is 11.1 Å². The molecule has 0 bridgehead atoms. The van der Waals surface area contributed by atoms with E-state index in [-0.39, 0.29) is 5.78 Å². The summed E-state index contributed by atoms with van der Waals surface area (Å²) in [7, 11) is 0. The normalized spacial score (nSPS) is 13.7. The molecule has 0 atom stereocenters. The lowest BCUT2D eigenvalue weighted by Gasteiger charge is -2.09. The summed E-state index contributed by atoms with van der Waals surface area (Å²) in [6, 6.07) is 10.4. The number of fused-ring (bicyclic) bond motifs is 2. The first-order valence-corrected chi connectivity index (χ1v) is 6.80. The predicted octanol–water partition coefficient (Wildman–Crippen LogP) is 3.94. The molecule has 2 aromatic carbocycles. The van der Waals surface area contributed by atoms with E-state index < -0.39 is 0 Å². The van der Waals surface area contributed by atoms with Crippen molar-refractivity contribution in [2.45, 2.75) is 33.6 Å². The number of benzene rings is 2. The molecular formula is C18H18O. The minimum atomic E-state index is 0.186. The quantitative estimate of drug-likeness (QED) is 0.692. The molecule has 0 aromatic heterocycles. The Labute approximate surface area is 114 Å². The van der Waals surface area contributed by atoms with E-state index in [1.807, 2.05) is 12.1 Å². The molecule has 1 nitrogen and oxygen atoms in total. The fourth-order valence-electron chi connectivity index (χ4n) is 2.86. The first-order chi connectivity index (χ1) is 9.06. The van der Waals surface area contributed by atoms with Crippen LogP contribution < -0.4 is 0 Å². The summed E-state index contributed by atoms with van der Waals surface area (Å²) >= 11 is 0. The molecule has 96 valence electrons. The maximum atomic E-state index is 12.7. The molecule has 0 saturated carbocycles. The fourth-order valence-corrected chi connectivity index (χ4v) is 2.86. The highest BCUT2D eigenvalue weighted by Gasteiger charge is 2.21. The molecule has 1 aliphatic carbocycles. The smallest absolute Gasteiger partial charge is 0.193 e. The van der Waals surface area contributed by atoms with Crippen molar-refractivity contribution in [3.63, 3.8) is 0 Å². The lowest BCUT2D eigenvalue weighted by molar-refractivity contribution is 0.103. The molecular weight excluding hydrogens is 232 g/mol. The molecule has 0 radical (unpaired) electrons. The molecule has 0 aliphatic heterocycles. The van der Waals surface area contributed by atoms with E-state index in [0.717, 1.165) is 24.0 Å². The number of carbonyl (C=O) groups excluding carboxylic acids is 1. The van der Waals surface area contributed by atoms with Gasteiger partial charge in [-0.15, -0.1) is 0 Å². The molecule has 0 heterocycles. The Morgan fingerprint density at radius 2 is 1.42 bits per heavy atom. The van der Waals surface area contributed by atoms with E-state index in [9.17, 15) is 4.79 Å². The average molecular weight is 250 g/mol. The van der Waals surface area contributed by atoms with Crippen molar-refractivity contribution < 1.29 is 4.79 Å². The van der Waals surface area contributed by atoms with Crippen molar-refractivity contribution in [1.29, 1.82) is 0 Å². The van der Waals surface area contributed by atoms with Crippen LogP contribution in [0.15, 0.2) is 30.3 Å². The molecule has 1 heteroatoms. The zero-order valence-corrected chi connectivity index (χ0v) is 11.7. The van der Waals surface area contributed by atoms with Gasteiger partial charge >= 0.3 is 0 Å². The molecule has 0 saturated heterocycles. The summed E-state index contributed by atoms with van der Waals surface area (Å²) in [6.45, 7) is 6.27. The molecule has 0 spiro atoms. The Kier molecular flexibility index (Phi) is 2.78. The monoisotopic (exact) mass is 250 g/mol. The first kappa shape index (κ1) is 12.2. The average Bonchev–Trinajstić information content (AvgIpc) is 2.50. The van der Waals surface area contributed by atoms with Crippen LogP contribution in [0.3, 0.4) is 0 Å². The Bertz CT molecular complexity index is 680. The van der Waals surface area contributed by atoms with Crippen LogP contribution in [-0.2, 0) is 12.8 Å². The summed E-state index contributed by atoms with van der Waals surface area (Å²) in [5, 5.41) is 0. The number of aryl methyl sites for hydroxylation is 5. The fraction of sp³-hybridized carbons (Fsp3) is 0.278. The third-order valence-corrected chi connectivity index (χ3v) is 4.13. The van der Waals surface area contributed by atoms with E-state index in [4.69, 9.17) is 0 Å². The summed E-state index contributed by atoms with van der Waals surface area (Å²) < 4.78 is 0. The van der Waals surface area contributed by atoms with Gasteiger partial charge in [-0.2, -0.15) is 0 Å². The van der Waals surface area contributed by atoms with Gasteiger partial charge in [-0.3, -0.25) is 4.79 Å². The van der Waals surface area contributed by atoms with E-state index in [2.05, 4.69) is 39.0 Å². The van der Waals surface area contributed by atoms with Gasteiger partial charge in [-0.25, -0.2) is 0 Å². The van der Waals surface area contributed by atoms with Crippen molar-refractivity contribution >= 4 is 5.78 Å². The number of rotatable bonds is 0. The summed E-state index contributed by atoms with van der Waals surface area (Å²) in [5.41, 5.74) is 7.86. The maximum Gasteiger partial charge on any atom is 0.193 e. The molecule has 0 N–H and O–H groups in total. The topological polar surface area (TPSA) is 17.1 Å².